The Labute approximate surface area is 189 Å². The zero-order chi connectivity index (χ0) is 22.3. The number of nitrogens with one attached hydrogen (secondary N) is 1. The maximum atomic E-state index is 13.8. The zero-order valence-electron chi connectivity index (χ0n) is 18.8. The van der Waals surface area contributed by atoms with E-state index in [-0.39, 0.29) is 17.5 Å². The van der Waals surface area contributed by atoms with Crippen molar-refractivity contribution in [2.24, 2.45) is 5.92 Å². The standard InChI is InChI=1S/C26H31N3O3/c1-27-25(21-9-4-3-5-10-21)17-26(18-25)23(30)28(15-20-11-13-22(32-2)14-12-20)24(31)29(26)16-19-7-6-8-19/h3-5,9-14,19,27H,6-8,15-18H2,1-2H3/t25-,26+. The minimum Gasteiger partial charge on any atom is -0.497 e. The Bertz CT molecular complexity index is 995. The van der Waals surface area contributed by atoms with Crippen LogP contribution in [0.25, 0.3) is 0 Å². The Kier molecular flexibility index (Phi) is 5.20. The molecule has 3 fully saturated rings. The molecule has 1 saturated heterocycles. The highest BCUT2D eigenvalue weighted by Gasteiger charge is 2.68. The topological polar surface area (TPSA) is 61.9 Å². The summed E-state index contributed by atoms with van der Waals surface area (Å²) in [5, 5.41) is 3.47. The van der Waals surface area contributed by atoms with Crippen molar-refractivity contribution >= 4 is 11.9 Å². The molecule has 1 spiro atoms. The number of hydrogen-bond acceptors (Lipinski definition) is 4. The summed E-state index contributed by atoms with van der Waals surface area (Å²) in [5.41, 5.74) is 1.06. The van der Waals surface area contributed by atoms with Gasteiger partial charge in [-0.3, -0.25) is 9.69 Å². The summed E-state index contributed by atoms with van der Waals surface area (Å²) >= 11 is 0. The van der Waals surface area contributed by atoms with Crippen LogP contribution in [0.1, 0.15) is 43.2 Å². The van der Waals surface area contributed by atoms with Crippen LogP contribution in [0.4, 0.5) is 4.79 Å². The van der Waals surface area contributed by atoms with Crippen molar-refractivity contribution < 1.29 is 14.3 Å². The van der Waals surface area contributed by atoms with Gasteiger partial charge in [-0.1, -0.05) is 48.9 Å². The predicted octanol–water partition coefficient (Wildman–Crippen LogP) is 3.91. The molecule has 0 unspecified atom stereocenters. The number of ether oxygens (including phenoxy) is 1. The summed E-state index contributed by atoms with van der Waals surface area (Å²) in [4.78, 5) is 30.7. The monoisotopic (exact) mass is 433 g/mol. The molecule has 3 amide bonds. The summed E-state index contributed by atoms with van der Waals surface area (Å²) in [6, 6.07) is 17.7. The van der Waals surface area contributed by atoms with Crippen molar-refractivity contribution in [1.82, 2.24) is 15.1 Å². The maximum absolute atomic E-state index is 13.8. The third kappa shape index (κ3) is 3.20. The van der Waals surface area contributed by atoms with Gasteiger partial charge in [-0.2, -0.15) is 0 Å². The highest BCUT2D eigenvalue weighted by Crippen LogP contribution is 2.55. The molecule has 2 aliphatic carbocycles. The predicted molar refractivity (Wildman–Crippen MR) is 122 cm³/mol. The minimum absolute atomic E-state index is 0.0561. The quantitative estimate of drug-likeness (QED) is 0.673. The van der Waals surface area contributed by atoms with E-state index in [1.165, 1.54) is 16.9 Å². The largest absolute Gasteiger partial charge is 0.497 e. The Morgan fingerprint density at radius 3 is 2.28 bits per heavy atom. The number of nitrogens with zero attached hydrogens (tertiary/aromatic N) is 2. The molecule has 0 radical (unpaired) electrons. The van der Waals surface area contributed by atoms with Crippen molar-refractivity contribution in [2.75, 3.05) is 20.7 Å². The van der Waals surface area contributed by atoms with Crippen LogP contribution in [-0.4, -0.2) is 48.0 Å². The average molecular weight is 434 g/mol. The molecule has 1 heterocycles. The second-order valence-corrected chi connectivity index (χ2v) is 9.51. The van der Waals surface area contributed by atoms with Crippen molar-refractivity contribution in [1.29, 1.82) is 0 Å². The SMILES string of the molecule is CN[C@]1(c2ccccc2)C[C@]2(C1)C(=O)N(Cc1ccc(OC)cc1)C(=O)N2CC1CCC1. The first kappa shape index (κ1) is 21.0. The molecule has 168 valence electrons. The van der Waals surface area contributed by atoms with E-state index in [1.807, 2.05) is 54.4 Å². The summed E-state index contributed by atoms with van der Waals surface area (Å²) < 4.78 is 5.24. The molecule has 0 aromatic heterocycles. The van der Waals surface area contributed by atoms with Gasteiger partial charge < -0.3 is 15.0 Å². The minimum atomic E-state index is -0.752. The molecule has 1 N–H and O–H groups in total. The van der Waals surface area contributed by atoms with Gasteiger partial charge in [0.1, 0.15) is 11.3 Å². The van der Waals surface area contributed by atoms with Crippen LogP contribution < -0.4 is 10.1 Å². The average Bonchev–Trinajstić information content (AvgIpc) is 2.97. The van der Waals surface area contributed by atoms with E-state index in [0.717, 1.165) is 24.2 Å². The van der Waals surface area contributed by atoms with Crippen LogP contribution in [-0.2, 0) is 16.9 Å². The van der Waals surface area contributed by atoms with Crippen LogP contribution in [0, 0.1) is 5.92 Å². The molecular formula is C26H31N3O3. The summed E-state index contributed by atoms with van der Waals surface area (Å²) in [7, 11) is 3.58. The van der Waals surface area contributed by atoms with Gasteiger partial charge in [0.15, 0.2) is 0 Å². The third-order valence-corrected chi connectivity index (χ3v) is 7.78. The molecule has 32 heavy (non-hydrogen) atoms. The molecule has 2 aromatic carbocycles. The molecule has 6 nitrogen and oxygen atoms in total. The Morgan fingerprint density at radius 1 is 1.03 bits per heavy atom. The van der Waals surface area contributed by atoms with Crippen molar-refractivity contribution in [3.8, 4) is 5.75 Å². The number of benzene rings is 2. The van der Waals surface area contributed by atoms with Crippen LogP contribution in [0.5, 0.6) is 5.75 Å². The fourth-order valence-corrected chi connectivity index (χ4v) is 5.59. The lowest BCUT2D eigenvalue weighted by molar-refractivity contribution is -0.144. The lowest BCUT2D eigenvalue weighted by Gasteiger charge is -2.56. The fourth-order valence-electron chi connectivity index (χ4n) is 5.59. The van der Waals surface area contributed by atoms with E-state index in [0.29, 0.717) is 31.8 Å². The van der Waals surface area contributed by atoms with E-state index < -0.39 is 5.54 Å². The molecular weight excluding hydrogens is 402 g/mol. The van der Waals surface area contributed by atoms with E-state index >= 15 is 0 Å². The molecule has 0 atom stereocenters. The first-order chi connectivity index (χ1) is 15.5. The van der Waals surface area contributed by atoms with Crippen molar-refractivity contribution in [3.05, 3.63) is 65.7 Å². The first-order valence-electron chi connectivity index (χ1n) is 11.5. The Morgan fingerprint density at radius 2 is 1.72 bits per heavy atom. The number of urea groups is 1. The second kappa shape index (κ2) is 7.93. The molecule has 1 aliphatic heterocycles. The third-order valence-electron chi connectivity index (χ3n) is 7.78. The lowest BCUT2D eigenvalue weighted by Crippen LogP contribution is -2.69. The Hall–Kier alpha value is -2.86. The van der Waals surface area contributed by atoms with E-state index in [4.69, 9.17) is 4.74 Å². The van der Waals surface area contributed by atoms with Gasteiger partial charge in [-0.25, -0.2) is 4.79 Å². The number of rotatable bonds is 7. The number of hydrogen-bond donors (Lipinski definition) is 1. The van der Waals surface area contributed by atoms with E-state index in [9.17, 15) is 9.59 Å². The normalized spacial score (nSPS) is 27.6. The number of carbonyl (C=O) groups excluding carboxylic acids is 2. The van der Waals surface area contributed by atoms with Gasteiger partial charge in [0.2, 0.25) is 0 Å². The van der Waals surface area contributed by atoms with Gasteiger partial charge in [0.05, 0.1) is 13.7 Å². The molecule has 0 bridgehead atoms. The van der Waals surface area contributed by atoms with Crippen LogP contribution >= 0.6 is 0 Å². The molecule has 3 aliphatic rings. The molecule has 6 heteroatoms. The van der Waals surface area contributed by atoms with Crippen LogP contribution in [0.3, 0.4) is 0 Å². The van der Waals surface area contributed by atoms with Gasteiger partial charge in [0, 0.05) is 24.9 Å². The number of imide groups is 1. The van der Waals surface area contributed by atoms with Crippen LogP contribution in [0.15, 0.2) is 54.6 Å². The van der Waals surface area contributed by atoms with E-state index in [2.05, 4.69) is 17.4 Å². The van der Waals surface area contributed by atoms with Crippen molar-refractivity contribution in [3.63, 3.8) is 0 Å². The van der Waals surface area contributed by atoms with Gasteiger partial charge >= 0.3 is 6.03 Å². The van der Waals surface area contributed by atoms with Crippen molar-refractivity contribution in [2.45, 2.75) is 49.7 Å². The number of methoxy groups -OCH3 is 1. The zero-order valence-corrected chi connectivity index (χ0v) is 18.8. The molecule has 2 saturated carbocycles. The van der Waals surface area contributed by atoms with E-state index in [1.54, 1.807) is 7.11 Å². The fraction of sp³-hybridized carbons (Fsp3) is 0.462. The second-order valence-electron chi connectivity index (χ2n) is 9.51. The summed E-state index contributed by atoms with van der Waals surface area (Å²) in [6.07, 6.45) is 4.71. The number of amides is 3. The maximum Gasteiger partial charge on any atom is 0.327 e. The highest BCUT2D eigenvalue weighted by atomic mass is 16.5. The first-order valence-corrected chi connectivity index (χ1v) is 11.5. The Balaban J connectivity index is 1.43. The highest BCUT2D eigenvalue weighted by molar-refractivity contribution is 6.08. The smallest absolute Gasteiger partial charge is 0.327 e. The number of carbonyl (C=O) groups is 2. The molecule has 5 rings (SSSR count). The van der Waals surface area contributed by atoms with Crippen LogP contribution in [0.2, 0.25) is 0 Å². The van der Waals surface area contributed by atoms with Gasteiger partial charge in [0.25, 0.3) is 5.91 Å². The summed E-state index contributed by atoms with van der Waals surface area (Å²) in [6.45, 7) is 0.973. The van der Waals surface area contributed by atoms with Gasteiger partial charge in [-0.15, -0.1) is 0 Å². The summed E-state index contributed by atoms with van der Waals surface area (Å²) in [5.74, 6) is 1.21. The molecule has 2 aromatic rings. The lowest BCUT2D eigenvalue weighted by atomic mass is 9.58. The van der Waals surface area contributed by atoms with Gasteiger partial charge in [-0.05, 0) is 49.1 Å².